The van der Waals surface area contributed by atoms with Gasteiger partial charge < -0.3 is 4.74 Å². The number of hydrazine groups is 1. The Balaban J connectivity index is 2.74. The Morgan fingerprint density at radius 1 is 1.14 bits per heavy atom. The molecule has 1 amide bonds. The molecule has 0 bridgehead atoms. The van der Waals surface area contributed by atoms with Crippen LogP contribution in [0.2, 0.25) is 0 Å². The van der Waals surface area contributed by atoms with Crippen molar-refractivity contribution >= 4 is 17.7 Å². The summed E-state index contributed by atoms with van der Waals surface area (Å²) < 4.78 is 4.95. The van der Waals surface area contributed by atoms with Gasteiger partial charge in [0.05, 0.1) is 6.61 Å². The minimum atomic E-state index is -0.917. The standard InChI is InChI=1S/C16H22N2O4/c1-4-13(19)11(3)14(16(21)22-5-2)17-18-15(20)12-9-7-6-8-10-12/h6-11,14,17H,4-5H2,1-3H3,(H,18,20)/t11?,14-/m1/s1. The third-order valence-electron chi connectivity index (χ3n) is 3.27. The van der Waals surface area contributed by atoms with Crippen LogP contribution in [0.3, 0.4) is 0 Å². The second kappa shape index (κ2) is 8.94. The molecule has 1 rings (SSSR count). The summed E-state index contributed by atoms with van der Waals surface area (Å²) in [7, 11) is 0. The van der Waals surface area contributed by atoms with E-state index in [0.717, 1.165) is 0 Å². The number of Topliss-reactive ketones (excluding diaryl/α,β-unsaturated/α-hetero) is 1. The summed E-state index contributed by atoms with van der Waals surface area (Å²) in [5.74, 6) is -1.63. The Labute approximate surface area is 130 Å². The van der Waals surface area contributed by atoms with Crippen LogP contribution in [0.15, 0.2) is 30.3 Å². The molecule has 0 aliphatic heterocycles. The average Bonchev–Trinajstić information content (AvgIpc) is 2.54. The molecule has 0 fully saturated rings. The van der Waals surface area contributed by atoms with Gasteiger partial charge in [-0.15, -0.1) is 0 Å². The molecule has 1 unspecified atom stereocenters. The highest BCUT2D eigenvalue weighted by Gasteiger charge is 2.30. The van der Waals surface area contributed by atoms with Crippen LogP contribution in [0.1, 0.15) is 37.6 Å². The largest absolute Gasteiger partial charge is 0.465 e. The van der Waals surface area contributed by atoms with Crippen molar-refractivity contribution in [1.29, 1.82) is 0 Å². The number of esters is 1. The monoisotopic (exact) mass is 306 g/mol. The molecule has 0 aromatic heterocycles. The molecule has 22 heavy (non-hydrogen) atoms. The first-order valence-corrected chi connectivity index (χ1v) is 7.31. The van der Waals surface area contributed by atoms with E-state index in [4.69, 9.17) is 4.74 Å². The molecule has 0 aliphatic rings. The van der Waals surface area contributed by atoms with E-state index in [1.165, 1.54) is 0 Å². The zero-order chi connectivity index (χ0) is 16.5. The van der Waals surface area contributed by atoms with Crippen LogP contribution in [0.25, 0.3) is 0 Å². The lowest BCUT2D eigenvalue weighted by molar-refractivity contribution is -0.149. The van der Waals surface area contributed by atoms with Gasteiger partial charge in [-0.1, -0.05) is 32.0 Å². The van der Waals surface area contributed by atoms with Crippen molar-refractivity contribution < 1.29 is 19.1 Å². The van der Waals surface area contributed by atoms with Crippen molar-refractivity contribution in [2.45, 2.75) is 33.2 Å². The minimum Gasteiger partial charge on any atom is -0.465 e. The molecule has 2 atom stereocenters. The molecule has 0 saturated carbocycles. The Bertz CT molecular complexity index is 516. The summed E-state index contributed by atoms with van der Waals surface area (Å²) in [6, 6.07) is 7.66. The molecule has 1 aromatic rings. The first kappa shape index (κ1) is 17.8. The van der Waals surface area contributed by atoms with Gasteiger partial charge >= 0.3 is 5.97 Å². The number of amides is 1. The molecular weight excluding hydrogens is 284 g/mol. The summed E-state index contributed by atoms with van der Waals surface area (Å²) in [6.45, 7) is 5.25. The predicted octanol–water partition coefficient (Wildman–Crippen LogP) is 1.47. The first-order chi connectivity index (χ1) is 10.5. The van der Waals surface area contributed by atoms with Crippen molar-refractivity contribution in [2.75, 3.05) is 6.61 Å². The smallest absolute Gasteiger partial charge is 0.325 e. The molecule has 1 aromatic carbocycles. The van der Waals surface area contributed by atoms with Crippen LogP contribution in [0.5, 0.6) is 0 Å². The lowest BCUT2D eigenvalue weighted by atomic mass is 9.96. The van der Waals surface area contributed by atoms with Crippen LogP contribution in [-0.2, 0) is 14.3 Å². The molecule has 6 heteroatoms. The second-order valence-electron chi connectivity index (χ2n) is 4.80. The van der Waals surface area contributed by atoms with Crippen LogP contribution < -0.4 is 10.9 Å². The van der Waals surface area contributed by atoms with Gasteiger partial charge in [0, 0.05) is 17.9 Å². The van der Waals surface area contributed by atoms with E-state index in [1.807, 2.05) is 0 Å². The first-order valence-electron chi connectivity index (χ1n) is 7.31. The average molecular weight is 306 g/mol. The molecule has 2 N–H and O–H groups in total. The number of benzene rings is 1. The molecule has 0 heterocycles. The molecule has 0 radical (unpaired) electrons. The van der Waals surface area contributed by atoms with Crippen LogP contribution in [-0.4, -0.2) is 30.3 Å². The maximum Gasteiger partial charge on any atom is 0.325 e. The third-order valence-corrected chi connectivity index (χ3v) is 3.27. The second-order valence-corrected chi connectivity index (χ2v) is 4.80. The van der Waals surface area contributed by atoms with Crippen molar-refractivity contribution in [3.8, 4) is 0 Å². The molecule has 6 nitrogen and oxygen atoms in total. The Hall–Kier alpha value is -2.21. The topological polar surface area (TPSA) is 84.5 Å². The summed E-state index contributed by atoms with van der Waals surface area (Å²) in [4.78, 5) is 35.8. The third kappa shape index (κ3) is 4.96. The number of rotatable bonds is 8. The van der Waals surface area contributed by atoms with Gasteiger partial charge in [0.2, 0.25) is 0 Å². The number of hydrogen-bond donors (Lipinski definition) is 2. The lowest BCUT2D eigenvalue weighted by Gasteiger charge is -2.22. The fraction of sp³-hybridized carbons (Fsp3) is 0.438. The van der Waals surface area contributed by atoms with E-state index >= 15 is 0 Å². The van der Waals surface area contributed by atoms with Crippen molar-refractivity contribution in [3.63, 3.8) is 0 Å². The molecule has 0 saturated heterocycles. The SMILES string of the molecule is CCOC(=O)[C@H](NNC(=O)c1ccccc1)C(C)C(=O)CC. The van der Waals surface area contributed by atoms with Gasteiger partial charge in [-0.05, 0) is 19.1 Å². The fourth-order valence-electron chi connectivity index (χ4n) is 1.93. The highest BCUT2D eigenvalue weighted by molar-refractivity contribution is 5.94. The summed E-state index contributed by atoms with van der Waals surface area (Å²) >= 11 is 0. The zero-order valence-electron chi connectivity index (χ0n) is 13.1. The van der Waals surface area contributed by atoms with Gasteiger partial charge in [-0.2, -0.15) is 0 Å². The molecule has 120 valence electrons. The number of hydrogen-bond acceptors (Lipinski definition) is 5. The summed E-state index contributed by atoms with van der Waals surface area (Å²) in [5, 5.41) is 0. The van der Waals surface area contributed by atoms with Gasteiger partial charge in [0.25, 0.3) is 5.91 Å². The predicted molar refractivity (Wildman–Crippen MR) is 81.9 cm³/mol. The maximum atomic E-state index is 12.0. The van der Waals surface area contributed by atoms with Crippen LogP contribution >= 0.6 is 0 Å². The van der Waals surface area contributed by atoms with Gasteiger partial charge in [0.1, 0.15) is 11.8 Å². The Morgan fingerprint density at radius 3 is 2.32 bits per heavy atom. The number of carbonyl (C=O) groups is 3. The number of nitrogens with one attached hydrogen (secondary N) is 2. The summed E-state index contributed by atoms with van der Waals surface area (Å²) in [6.07, 6.45) is 0.311. The number of ketones is 1. The van der Waals surface area contributed by atoms with Crippen LogP contribution in [0, 0.1) is 5.92 Å². The van der Waals surface area contributed by atoms with Gasteiger partial charge in [-0.25, -0.2) is 5.43 Å². The molecule has 0 spiro atoms. The van der Waals surface area contributed by atoms with Crippen molar-refractivity contribution in [2.24, 2.45) is 5.92 Å². The highest BCUT2D eigenvalue weighted by atomic mass is 16.5. The van der Waals surface area contributed by atoms with E-state index < -0.39 is 17.9 Å². The van der Waals surface area contributed by atoms with Gasteiger partial charge in [-0.3, -0.25) is 19.8 Å². The van der Waals surface area contributed by atoms with Gasteiger partial charge in [0.15, 0.2) is 0 Å². The van der Waals surface area contributed by atoms with Crippen molar-refractivity contribution in [3.05, 3.63) is 35.9 Å². The van der Waals surface area contributed by atoms with E-state index in [-0.39, 0.29) is 18.3 Å². The van der Waals surface area contributed by atoms with Crippen molar-refractivity contribution in [1.82, 2.24) is 10.9 Å². The fourth-order valence-corrected chi connectivity index (χ4v) is 1.93. The maximum absolute atomic E-state index is 12.0. The molecule has 0 aliphatic carbocycles. The highest BCUT2D eigenvalue weighted by Crippen LogP contribution is 2.09. The normalized spacial score (nSPS) is 13.0. The number of ether oxygens (including phenoxy) is 1. The Morgan fingerprint density at radius 2 is 1.77 bits per heavy atom. The minimum absolute atomic E-state index is 0.0838. The zero-order valence-corrected chi connectivity index (χ0v) is 13.1. The Kier molecular flexibility index (Phi) is 7.25. The number of carbonyl (C=O) groups excluding carboxylic acids is 3. The summed E-state index contributed by atoms with van der Waals surface area (Å²) in [5.41, 5.74) is 5.53. The molecular formula is C16H22N2O4. The quantitative estimate of drug-likeness (QED) is 0.561. The van der Waals surface area contributed by atoms with Crippen LogP contribution in [0.4, 0.5) is 0 Å². The van der Waals surface area contributed by atoms with E-state index in [9.17, 15) is 14.4 Å². The van der Waals surface area contributed by atoms with E-state index in [1.54, 1.807) is 51.1 Å². The lowest BCUT2D eigenvalue weighted by Crippen LogP contribution is -2.53. The van der Waals surface area contributed by atoms with E-state index in [0.29, 0.717) is 12.0 Å². The van der Waals surface area contributed by atoms with E-state index in [2.05, 4.69) is 10.9 Å².